The molecule has 4 N–H and O–H groups in total. The summed E-state index contributed by atoms with van der Waals surface area (Å²) < 4.78 is 37.6. The van der Waals surface area contributed by atoms with E-state index in [1.165, 1.54) is 12.1 Å². The van der Waals surface area contributed by atoms with Crippen LogP contribution in [-0.4, -0.2) is 32.5 Å². The Hall–Kier alpha value is -0.980. The predicted molar refractivity (Wildman–Crippen MR) is 72.9 cm³/mol. The minimum absolute atomic E-state index is 0.0469. The second kappa shape index (κ2) is 4.85. The predicted octanol–water partition coefficient (Wildman–Crippen LogP) is 0.630. The molecule has 0 bridgehead atoms. The van der Waals surface area contributed by atoms with Gasteiger partial charge in [0.1, 0.15) is 5.82 Å². The van der Waals surface area contributed by atoms with Crippen molar-refractivity contribution in [2.75, 3.05) is 18.8 Å². The van der Waals surface area contributed by atoms with Crippen LogP contribution in [-0.2, 0) is 9.84 Å². The third-order valence-corrected chi connectivity index (χ3v) is 6.46. The average Bonchev–Trinajstić information content (AvgIpc) is 3.09. The van der Waals surface area contributed by atoms with E-state index in [2.05, 4.69) is 0 Å². The van der Waals surface area contributed by atoms with Crippen LogP contribution in [0.1, 0.15) is 18.4 Å². The standard InChI is InChI=1S/C13H19FN2O2S/c1-2-19(17,18)12-11(13(12,7-15)8-16)9-4-3-5-10(14)6-9/h3-6,11-12H,2,7-8,15-16H2,1H3/t11-,12+/m0/s1. The molecule has 2 rings (SSSR count). The third kappa shape index (κ3) is 2.17. The van der Waals surface area contributed by atoms with Gasteiger partial charge in [-0.3, -0.25) is 0 Å². The van der Waals surface area contributed by atoms with Crippen molar-refractivity contribution < 1.29 is 12.8 Å². The highest BCUT2D eigenvalue weighted by molar-refractivity contribution is 7.92. The Morgan fingerprint density at radius 3 is 2.42 bits per heavy atom. The molecule has 0 spiro atoms. The quantitative estimate of drug-likeness (QED) is 0.831. The molecule has 106 valence electrons. The lowest BCUT2D eigenvalue weighted by Gasteiger charge is -2.12. The molecule has 1 aromatic rings. The topological polar surface area (TPSA) is 86.2 Å². The molecule has 1 aromatic carbocycles. The molecule has 0 unspecified atom stereocenters. The second-order valence-corrected chi connectivity index (χ2v) is 7.46. The van der Waals surface area contributed by atoms with Crippen molar-refractivity contribution in [3.8, 4) is 0 Å². The zero-order chi connectivity index (χ0) is 14.3. The normalized spacial score (nSPS) is 25.3. The van der Waals surface area contributed by atoms with Crippen LogP contribution in [0, 0.1) is 11.2 Å². The van der Waals surface area contributed by atoms with E-state index in [4.69, 9.17) is 11.5 Å². The number of nitrogens with two attached hydrogens (primary N) is 2. The number of hydrogen-bond acceptors (Lipinski definition) is 4. The number of sulfone groups is 1. The highest BCUT2D eigenvalue weighted by atomic mass is 32.2. The average molecular weight is 286 g/mol. The van der Waals surface area contributed by atoms with Gasteiger partial charge in [-0.2, -0.15) is 0 Å². The Bertz CT molecular complexity index is 570. The maximum Gasteiger partial charge on any atom is 0.154 e. The molecule has 4 nitrogen and oxygen atoms in total. The maximum atomic E-state index is 13.3. The summed E-state index contributed by atoms with van der Waals surface area (Å²) in [5.41, 5.74) is 11.5. The molecule has 0 saturated heterocycles. The smallest absolute Gasteiger partial charge is 0.154 e. The van der Waals surface area contributed by atoms with Crippen molar-refractivity contribution in [3.05, 3.63) is 35.6 Å². The van der Waals surface area contributed by atoms with Gasteiger partial charge < -0.3 is 11.5 Å². The van der Waals surface area contributed by atoms with E-state index < -0.39 is 20.5 Å². The van der Waals surface area contributed by atoms with E-state index in [-0.39, 0.29) is 30.6 Å². The molecule has 2 atom stereocenters. The fraction of sp³-hybridized carbons (Fsp3) is 0.538. The van der Waals surface area contributed by atoms with Gasteiger partial charge >= 0.3 is 0 Å². The lowest BCUT2D eigenvalue weighted by molar-refractivity contribution is 0.509. The molecule has 0 aromatic heterocycles. The first-order valence-corrected chi connectivity index (χ1v) is 8.01. The highest BCUT2D eigenvalue weighted by Gasteiger charge is 2.68. The maximum absolute atomic E-state index is 13.3. The number of hydrogen-bond donors (Lipinski definition) is 2. The van der Waals surface area contributed by atoms with Crippen molar-refractivity contribution in [2.45, 2.75) is 18.1 Å². The van der Waals surface area contributed by atoms with Crippen molar-refractivity contribution in [1.29, 1.82) is 0 Å². The van der Waals surface area contributed by atoms with Gasteiger partial charge in [0.2, 0.25) is 0 Å². The molecule has 1 fully saturated rings. The summed E-state index contributed by atoms with van der Waals surface area (Å²) in [6.07, 6.45) is 0. The lowest BCUT2D eigenvalue weighted by Crippen LogP contribution is -2.31. The van der Waals surface area contributed by atoms with Crippen LogP contribution in [0.3, 0.4) is 0 Å². The van der Waals surface area contributed by atoms with Crippen molar-refractivity contribution >= 4 is 9.84 Å². The molecule has 0 aliphatic heterocycles. The molecule has 1 aliphatic rings. The van der Waals surface area contributed by atoms with Gasteiger partial charge in [0.15, 0.2) is 9.84 Å². The molecule has 0 radical (unpaired) electrons. The van der Waals surface area contributed by atoms with Crippen molar-refractivity contribution in [3.63, 3.8) is 0 Å². The van der Waals surface area contributed by atoms with Gasteiger partial charge in [-0.25, -0.2) is 12.8 Å². The molecule has 19 heavy (non-hydrogen) atoms. The van der Waals surface area contributed by atoms with E-state index >= 15 is 0 Å². The zero-order valence-electron chi connectivity index (χ0n) is 10.8. The zero-order valence-corrected chi connectivity index (χ0v) is 11.7. The SMILES string of the molecule is CCS(=O)(=O)[C@@H]1[C@H](c2cccc(F)c2)C1(CN)CN. The van der Waals surface area contributed by atoms with Gasteiger partial charge in [-0.15, -0.1) is 0 Å². The highest BCUT2D eigenvalue weighted by Crippen LogP contribution is 2.61. The number of halogens is 1. The molecular formula is C13H19FN2O2S. The molecular weight excluding hydrogens is 267 g/mol. The summed E-state index contributed by atoms with van der Waals surface area (Å²) in [5, 5.41) is -0.596. The van der Waals surface area contributed by atoms with Crippen LogP contribution in [0.5, 0.6) is 0 Å². The van der Waals surface area contributed by atoms with Gasteiger partial charge in [-0.05, 0) is 17.7 Å². The summed E-state index contributed by atoms with van der Waals surface area (Å²) in [5.74, 6) is -0.631. The van der Waals surface area contributed by atoms with Crippen LogP contribution in [0.4, 0.5) is 4.39 Å². The van der Waals surface area contributed by atoms with Gasteiger partial charge in [0.25, 0.3) is 0 Å². The number of benzene rings is 1. The molecule has 1 saturated carbocycles. The van der Waals surface area contributed by atoms with Gasteiger partial charge in [-0.1, -0.05) is 19.1 Å². The first kappa shape index (κ1) is 14.4. The van der Waals surface area contributed by atoms with E-state index in [9.17, 15) is 12.8 Å². The lowest BCUT2D eigenvalue weighted by atomic mass is 9.99. The Morgan fingerprint density at radius 2 is 1.95 bits per heavy atom. The minimum atomic E-state index is -3.25. The monoisotopic (exact) mass is 286 g/mol. The second-order valence-electron chi connectivity index (χ2n) is 5.05. The van der Waals surface area contributed by atoms with E-state index in [1.54, 1.807) is 19.1 Å². The van der Waals surface area contributed by atoms with E-state index in [1.807, 2.05) is 0 Å². The van der Waals surface area contributed by atoms with Crippen LogP contribution < -0.4 is 11.5 Å². The number of rotatable bonds is 5. The van der Waals surface area contributed by atoms with Crippen LogP contribution in [0.2, 0.25) is 0 Å². The largest absolute Gasteiger partial charge is 0.330 e. The first-order valence-electron chi connectivity index (χ1n) is 6.30. The molecule has 1 aliphatic carbocycles. The van der Waals surface area contributed by atoms with Crippen LogP contribution in [0.15, 0.2) is 24.3 Å². The van der Waals surface area contributed by atoms with Gasteiger partial charge in [0.05, 0.1) is 5.25 Å². The van der Waals surface area contributed by atoms with Crippen LogP contribution in [0.25, 0.3) is 0 Å². The van der Waals surface area contributed by atoms with Crippen LogP contribution >= 0.6 is 0 Å². The van der Waals surface area contributed by atoms with E-state index in [0.717, 1.165) is 0 Å². The molecule has 6 heteroatoms. The Labute approximate surface area is 112 Å². The van der Waals surface area contributed by atoms with Crippen molar-refractivity contribution in [1.82, 2.24) is 0 Å². The van der Waals surface area contributed by atoms with Gasteiger partial charge in [0, 0.05) is 30.2 Å². The summed E-state index contributed by atoms with van der Waals surface area (Å²) in [4.78, 5) is 0. The Morgan fingerprint density at radius 1 is 1.32 bits per heavy atom. The summed E-state index contributed by atoms with van der Waals surface area (Å²) >= 11 is 0. The summed E-state index contributed by atoms with van der Waals surface area (Å²) in [7, 11) is -3.25. The summed E-state index contributed by atoms with van der Waals surface area (Å²) in [6.45, 7) is 1.98. The molecule has 0 amide bonds. The Kier molecular flexibility index (Phi) is 3.68. The minimum Gasteiger partial charge on any atom is -0.330 e. The molecule has 0 heterocycles. The summed E-state index contributed by atoms with van der Waals surface area (Å²) in [6, 6.07) is 6.02. The third-order valence-electron chi connectivity index (χ3n) is 4.14. The fourth-order valence-corrected chi connectivity index (χ4v) is 5.15. The van der Waals surface area contributed by atoms with E-state index in [0.29, 0.717) is 5.56 Å². The Balaban J connectivity index is 2.45. The fourth-order valence-electron chi connectivity index (χ4n) is 2.97. The van der Waals surface area contributed by atoms with Crippen molar-refractivity contribution in [2.24, 2.45) is 16.9 Å². The first-order chi connectivity index (χ1) is 8.93.